The zero-order valence-electron chi connectivity index (χ0n) is 67.8. The number of Topliss-reactive ketones (excluding diaryl/α,β-unsaturated/α-hetero) is 1. The molecule has 0 heterocycles. The molecular weight excluding hydrogens is 1710 g/mol. The van der Waals surface area contributed by atoms with Gasteiger partial charge in [0.1, 0.15) is 37.6 Å². The molecule has 4 rings (SSSR count). The number of carbonyl (C=O) groups excluding carboxylic acids is 7. The monoisotopic (exact) mass is 1830 g/mol. The third-order valence-corrected chi connectivity index (χ3v) is 23.2. The van der Waals surface area contributed by atoms with Crippen LogP contribution >= 0.6 is 0 Å². The van der Waals surface area contributed by atoms with Gasteiger partial charge in [-0.15, -0.1) is 0 Å². The van der Waals surface area contributed by atoms with Crippen LogP contribution in [0.2, 0.25) is 0 Å². The van der Waals surface area contributed by atoms with Gasteiger partial charge < -0.3 is 39.0 Å². The third-order valence-electron chi connectivity index (χ3n) is 21.4. The van der Waals surface area contributed by atoms with Gasteiger partial charge in [0.2, 0.25) is 15.9 Å². The number of ether oxygens (including phenoxy) is 5. The number of rotatable bonds is 28. The number of hydrogen-bond donors (Lipinski definition) is 4. The summed E-state index contributed by atoms with van der Waals surface area (Å²) in [6, 6.07) is -1.60. The van der Waals surface area contributed by atoms with Gasteiger partial charge >= 0.3 is 84.9 Å². The average Bonchev–Trinajstić information content (AvgIpc) is 1.04. The lowest BCUT2D eigenvalue weighted by Gasteiger charge is -2.39. The number of ketones is 1. The van der Waals surface area contributed by atoms with Crippen LogP contribution in [0.1, 0.15) is 275 Å². The van der Waals surface area contributed by atoms with E-state index in [1.54, 1.807) is 41.5 Å². The zero-order valence-corrected chi connectivity index (χ0v) is 68.6. The van der Waals surface area contributed by atoms with Gasteiger partial charge in [0, 0.05) is 29.4 Å². The number of benzene rings is 1. The number of esters is 5. The van der Waals surface area contributed by atoms with Crippen LogP contribution in [-0.2, 0) is 78.5 Å². The SMILES string of the molecule is C.C.C.C.CCC(C)(C)C(=O)NS(=O)(=O)C1CCCCC1.CCC(C)(C)C(=O)OC(CC(O)(C(F)(F)F)C(F)(F)F)C(C)C.CCC(C)(C)C(=O)OC(CC(O)(C(F)(F)F)C(F)(F)F)C1CC2CCC1C2.CCC(C)(C)C(=O)OC(c1ccc(C(O)(C(F)(F)F)C(F)(F)F)cc1)(C(F)(F)F)C(F)(F)F.CCC(C)(C)C(=O)OCCOC(=O)CC(C)=O. The number of carbonyl (C=O) groups is 7. The van der Waals surface area contributed by atoms with Crippen molar-refractivity contribution in [1.82, 2.24) is 4.72 Å². The molecule has 3 aliphatic carbocycles. The summed E-state index contributed by atoms with van der Waals surface area (Å²) < 4.78 is 365. The molecular formula is C78H123F24NO17S. The summed E-state index contributed by atoms with van der Waals surface area (Å²) in [6.07, 6.45) is -47.9. The van der Waals surface area contributed by atoms with Crippen LogP contribution in [0.3, 0.4) is 0 Å². The number of alkyl halides is 24. The highest BCUT2D eigenvalue weighted by Crippen LogP contribution is 2.58. The maximum Gasteiger partial charge on any atom is 0.442 e. The molecule has 1 aromatic carbocycles. The van der Waals surface area contributed by atoms with Crippen LogP contribution in [0.25, 0.3) is 0 Å². The summed E-state index contributed by atoms with van der Waals surface area (Å²) >= 11 is 0. The molecule has 2 bridgehead atoms. The second kappa shape index (κ2) is 45.3. The number of nitrogens with one attached hydrogen (secondary N) is 1. The van der Waals surface area contributed by atoms with E-state index in [2.05, 4.69) is 9.46 Å². The van der Waals surface area contributed by atoms with Crippen molar-refractivity contribution in [3.8, 4) is 0 Å². The fourth-order valence-electron chi connectivity index (χ4n) is 11.0. The minimum atomic E-state index is -6.43. The third kappa shape index (κ3) is 32.0. The molecule has 4 N–H and O–H groups in total. The summed E-state index contributed by atoms with van der Waals surface area (Å²) in [4.78, 5) is 81.3. The number of amides is 1. The van der Waals surface area contributed by atoms with E-state index in [0.29, 0.717) is 57.8 Å². The van der Waals surface area contributed by atoms with Gasteiger partial charge in [-0.3, -0.25) is 38.3 Å². The van der Waals surface area contributed by atoms with Crippen LogP contribution in [0, 0.1) is 50.7 Å². The highest BCUT2D eigenvalue weighted by molar-refractivity contribution is 7.90. The number of halogens is 24. The Hall–Kier alpha value is -6.14. The minimum absolute atomic E-state index is 0. The minimum Gasteiger partial charge on any atom is -0.462 e. The Morgan fingerprint density at radius 1 is 0.446 bits per heavy atom. The molecule has 121 heavy (non-hydrogen) atoms. The van der Waals surface area contributed by atoms with Gasteiger partial charge in [0.05, 0.1) is 26.9 Å². The predicted octanol–water partition coefficient (Wildman–Crippen LogP) is 21.8. The average molecular weight is 1830 g/mol. The molecule has 3 saturated carbocycles. The Balaban J connectivity index is -0.000000470. The van der Waals surface area contributed by atoms with Crippen molar-refractivity contribution in [3.63, 3.8) is 0 Å². The largest absolute Gasteiger partial charge is 0.462 e. The maximum absolute atomic E-state index is 13.7. The van der Waals surface area contributed by atoms with E-state index in [9.17, 15) is 163 Å². The van der Waals surface area contributed by atoms with Crippen molar-refractivity contribution >= 4 is 51.6 Å². The first-order valence-electron chi connectivity index (χ1n) is 37.0. The lowest BCUT2D eigenvalue weighted by Crippen LogP contribution is -2.59. The Morgan fingerprint density at radius 3 is 1.13 bits per heavy atom. The lowest BCUT2D eigenvalue weighted by molar-refractivity contribution is -0.380. The van der Waals surface area contributed by atoms with Gasteiger partial charge in [-0.05, 0) is 150 Å². The van der Waals surface area contributed by atoms with Crippen LogP contribution in [0.4, 0.5) is 105 Å². The van der Waals surface area contributed by atoms with Crippen molar-refractivity contribution in [3.05, 3.63) is 35.4 Å². The summed E-state index contributed by atoms with van der Waals surface area (Å²) in [7, 11) is -3.48. The Morgan fingerprint density at radius 2 is 0.802 bits per heavy atom. The van der Waals surface area contributed by atoms with E-state index in [1.165, 1.54) is 55.4 Å². The molecule has 5 atom stereocenters. The van der Waals surface area contributed by atoms with E-state index >= 15 is 0 Å². The molecule has 0 aliphatic heterocycles. The molecule has 0 aromatic heterocycles. The van der Waals surface area contributed by atoms with Crippen molar-refractivity contribution in [2.45, 2.75) is 353 Å². The van der Waals surface area contributed by atoms with Gasteiger partial charge in [-0.1, -0.05) is 142 Å². The molecule has 43 heteroatoms. The van der Waals surface area contributed by atoms with Crippen molar-refractivity contribution in [1.29, 1.82) is 0 Å². The fourth-order valence-corrected chi connectivity index (χ4v) is 12.6. The van der Waals surface area contributed by atoms with Crippen LogP contribution in [-0.4, -0.2) is 157 Å². The van der Waals surface area contributed by atoms with Crippen LogP contribution < -0.4 is 4.72 Å². The molecule has 0 spiro atoms. The molecule has 1 aromatic rings. The van der Waals surface area contributed by atoms with Gasteiger partial charge in [0.25, 0.3) is 16.8 Å². The standard InChI is InChI=1S/C18H16F12O3.C18H26F6O3.C14H22F6O3.C12H23NO3S.C12H20O5.4CH4/c1-4-12(2,3)11(31)33-14(17(25,26)27,18(28,29)30)10-7-5-9(6-8-10)13(32,15(19,20)21)16(22,23)24;1-4-15(2,3)14(25)27-13(12-8-10-5-6-11(12)7-10)9-16(26,17(19,20)21)18(22,23)24;1-6-11(4,5)10(21)23-9(8(2)3)7-12(22,13(15,16)17)14(18,19)20;1-4-12(2,3)11(14)13-17(15,16)10-8-6-5-7-9-10;1-5-12(3,4)11(15)17-7-6-16-10(14)8-9(2)13;;;;/h5-8,32H,4H2,1-3H3;10-13,26H,4-9H2,1-3H3;8-9,22H,6-7H2,1-5H3;10H,4-9H2,1-3H3,(H,13,14);5-8H2,1-4H3;4*1H4. The number of fused-ring (bicyclic) bond motifs is 2. The maximum atomic E-state index is 13.7. The quantitative estimate of drug-likeness (QED) is 0.0200. The first-order valence-corrected chi connectivity index (χ1v) is 38.5. The van der Waals surface area contributed by atoms with Crippen molar-refractivity contribution in [2.24, 2.45) is 50.7 Å². The van der Waals surface area contributed by atoms with Gasteiger partial charge in [-0.25, -0.2) is 8.42 Å². The molecule has 18 nitrogen and oxygen atoms in total. The topological polar surface area (TPSA) is 272 Å². The second-order valence-corrected chi connectivity index (χ2v) is 34.6. The molecule has 3 fully saturated rings. The predicted molar refractivity (Wildman–Crippen MR) is 398 cm³/mol. The van der Waals surface area contributed by atoms with E-state index in [-0.39, 0.29) is 103 Å². The van der Waals surface area contributed by atoms with Gasteiger partial charge in [0.15, 0.2) is 0 Å². The van der Waals surface area contributed by atoms with Crippen molar-refractivity contribution < 1.29 is 186 Å². The molecule has 716 valence electrons. The second-order valence-electron chi connectivity index (χ2n) is 32.6. The smallest absolute Gasteiger partial charge is 0.442 e. The van der Waals surface area contributed by atoms with E-state index in [0.717, 1.165) is 39.5 Å². The first kappa shape index (κ1) is 123. The van der Waals surface area contributed by atoms with Crippen molar-refractivity contribution in [2.75, 3.05) is 13.2 Å². The Kier molecular flexibility index (Phi) is 46.2. The summed E-state index contributed by atoms with van der Waals surface area (Å²) in [5.74, 6) is -6.58. The zero-order chi connectivity index (χ0) is 92.7. The summed E-state index contributed by atoms with van der Waals surface area (Å²) in [5.41, 5.74) is -30.1. The molecule has 3 aliphatic rings. The summed E-state index contributed by atoms with van der Waals surface area (Å²) in [6.45, 7) is 27.3. The Labute approximate surface area is 692 Å². The number of aliphatic hydroxyl groups is 3. The van der Waals surface area contributed by atoms with Gasteiger partial charge in [-0.2, -0.15) is 105 Å². The molecule has 1 amide bonds. The number of sulfonamides is 1. The normalized spacial score (nSPS) is 17.4. The van der Waals surface area contributed by atoms with E-state index < -0.39 is 193 Å². The highest BCUT2D eigenvalue weighted by atomic mass is 32.2. The molecule has 0 radical (unpaired) electrons. The summed E-state index contributed by atoms with van der Waals surface area (Å²) in [5, 5.41) is 27.7. The first-order chi connectivity index (χ1) is 52.1. The van der Waals surface area contributed by atoms with Crippen LogP contribution in [0.15, 0.2) is 24.3 Å². The molecule has 0 saturated heterocycles. The Bertz CT molecular complexity index is 3460. The fraction of sp³-hybridized carbons (Fsp3) is 0.833. The van der Waals surface area contributed by atoms with E-state index in [4.69, 9.17) is 18.9 Å². The van der Waals surface area contributed by atoms with Crippen LogP contribution in [0.5, 0.6) is 0 Å². The highest BCUT2D eigenvalue weighted by Gasteiger charge is 2.77. The molecule has 5 unspecified atom stereocenters. The van der Waals surface area contributed by atoms with E-state index in [1.807, 2.05) is 13.8 Å². The number of hydrogen-bond acceptors (Lipinski definition) is 17. The lowest BCUT2D eigenvalue weighted by atomic mass is 9.79.